The van der Waals surface area contributed by atoms with Gasteiger partial charge in [0.15, 0.2) is 0 Å². The van der Waals surface area contributed by atoms with Crippen LogP contribution >= 0.6 is 0 Å². The van der Waals surface area contributed by atoms with Crippen molar-refractivity contribution in [1.29, 1.82) is 0 Å². The SMILES string of the molecule is CC(C)C(/C=C(/C=O)c1ccccc1)NC(=O)OC(C)(C)C. The summed E-state index contributed by atoms with van der Waals surface area (Å²) in [6.45, 7) is 9.40. The van der Waals surface area contributed by atoms with Crippen molar-refractivity contribution in [2.75, 3.05) is 0 Å². The zero-order chi connectivity index (χ0) is 16.8. The monoisotopic (exact) mass is 303 g/mol. The Morgan fingerprint density at radius 2 is 1.77 bits per heavy atom. The van der Waals surface area contributed by atoms with Gasteiger partial charge in [-0.15, -0.1) is 0 Å². The fourth-order valence-corrected chi connectivity index (χ4v) is 1.87. The maximum atomic E-state index is 11.9. The molecule has 0 saturated heterocycles. The minimum Gasteiger partial charge on any atom is -0.444 e. The van der Waals surface area contributed by atoms with E-state index >= 15 is 0 Å². The van der Waals surface area contributed by atoms with E-state index in [1.165, 1.54) is 0 Å². The smallest absolute Gasteiger partial charge is 0.408 e. The molecule has 4 heteroatoms. The molecule has 0 radical (unpaired) electrons. The number of carbonyl (C=O) groups excluding carboxylic acids is 2. The molecule has 0 fully saturated rings. The summed E-state index contributed by atoms with van der Waals surface area (Å²) in [6, 6.07) is 9.09. The standard InChI is InChI=1S/C18H25NO3/c1-13(2)16(19-17(21)22-18(3,4)5)11-15(12-20)14-9-7-6-8-10-14/h6-13,16H,1-5H3,(H,19,21)/b15-11-. The molecule has 0 aliphatic carbocycles. The number of allylic oxidation sites excluding steroid dienone is 1. The summed E-state index contributed by atoms with van der Waals surface area (Å²) in [5.74, 6) is 0.131. The highest BCUT2D eigenvalue weighted by molar-refractivity contribution is 6.07. The molecule has 1 N–H and O–H groups in total. The molecule has 0 aliphatic heterocycles. The van der Waals surface area contributed by atoms with E-state index in [0.717, 1.165) is 11.8 Å². The van der Waals surface area contributed by atoms with Crippen LogP contribution in [0.2, 0.25) is 0 Å². The van der Waals surface area contributed by atoms with Crippen molar-refractivity contribution in [1.82, 2.24) is 5.32 Å². The molecule has 1 aromatic rings. The van der Waals surface area contributed by atoms with E-state index in [9.17, 15) is 9.59 Å². The second-order valence-corrected chi connectivity index (χ2v) is 6.52. The van der Waals surface area contributed by atoms with Crippen molar-refractivity contribution in [3.05, 3.63) is 42.0 Å². The van der Waals surface area contributed by atoms with E-state index in [-0.39, 0.29) is 12.0 Å². The average Bonchev–Trinajstić information content (AvgIpc) is 2.42. The Labute approximate surface area is 132 Å². The highest BCUT2D eigenvalue weighted by Crippen LogP contribution is 2.16. The van der Waals surface area contributed by atoms with Crippen LogP contribution < -0.4 is 5.32 Å². The summed E-state index contributed by atoms with van der Waals surface area (Å²) in [6.07, 6.45) is 2.10. The molecule has 1 aromatic carbocycles. The summed E-state index contributed by atoms with van der Waals surface area (Å²) in [5.41, 5.74) is 0.826. The van der Waals surface area contributed by atoms with Crippen molar-refractivity contribution in [2.24, 2.45) is 5.92 Å². The summed E-state index contributed by atoms with van der Waals surface area (Å²) in [7, 11) is 0. The van der Waals surface area contributed by atoms with E-state index in [4.69, 9.17) is 4.74 Å². The van der Waals surface area contributed by atoms with Gasteiger partial charge < -0.3 is 10.1 Å². The fourth-order valence-electron chi connectivity index (χ4n) is 1.87. The first-order valence-electron chi connectivity index (χ1n) is 7.45. The summed E-state index contributed by atoms with van der Waals surface area (Å²) in [4.78, 5) is 23.3. The van der Waals surface area contributed by atoms with E-state index in [0.29, 0.717) is 5.57 Å². The van der Waals surface area contributed by atoms with Gasteiger partial charge in [0.05, 0.1) is 6.04 Å². The van der Waals surface area contributed by atoms with Gasteiger partial charge in [-0.3, -0.25) is 4.79 Å². The molecule has 1 unspecified atom stereocenters. The van der Waals surface area contributed by atoms with Gasteiger partial charge in [0.1, 0.15) is 11.9 Å². The van der Waals surface area contributed by atoms with Crippen LogP contribution in [-0.4, -0.2) is 24.0 Å². The van der Waals surface area contributed by atoms with Gasteiger partial charge in [0.25, 0.3) is 0 Å². The maximum Gasteiger partial charge on any atom is 0.408 e. The number of aldehydes is 1. The van der Waals surface area contributed by atoms with Crippen LogP contribution in [0.5, 0.6) is 0 Å². The number of carbonyl (C=O) groups is 2. The van der Waals surface area contributed by atoms with E-state index in [2.05, 4.69) is 5.32 Å². The zero-order valence-corrected chi connectivity index (χ0v) is 13.9. The lowest BCUT2D eigenvalue weighted by Gasteiger charge is -2.24. The Kier molecular flexibility index (Phi) is 6.35. The molecular weight excluding hydrogens is 278 g/mol. The first kappa shape index (κ1) is 18.0. The van der Waals surface area contributed by atoms with Gasteiger partial charge in [-0.05, 0) is 32.3 Å². The summed E-state index contributed by atoms with van der Waals surface area (Å²) in [5, 5.41) is 2.81. The second-order valence-electron chi connectivity index (χ2n) is 6.52. The van der Waals surface area contributed by atoms with Crippen LogP contribution in [0.1, 0.15) is 40.2 Å². The van der Waals surface area contributed by atoms with Crippen LogP contribution in [0.15, 0.2) is 36.4 Å². The van der Waals surface area contributed by atoms with E-state index < -0.39 is 11.7 Å². The van der Waals surface area contributed by atoms with E-state index in [1.807, 2.05) is 65.0 Å². The third-order valence-electron chi connectivity index (χ3n) is 2.99. The molecule has 0 bridgehead atoms. The lowest BCUT2D eigenvalue weighted by atomic mass is 9.98. The van der Waals surface area contributed by atoms with Gasteiger partial charge in [-0.1, -0.05) is 50.3 Å². The maximum absolute atomic E-state index is 11.9. The van der Waals surface area contributed by atoms with Crippen LogP contribution in [0.4, 0.5) is 4.79 Å². The predicted molar refractivity (Wildman–Crippen MR) is 88.5 cm³/mol. The summed E-state index contributed by atoms with van der Waals surface area (Å²) >= 11 is 0. The number of nitrogens with one attached hydrogen (secondary N) is 1. The highest BCUT2D eigenvalue weighted by Gasteiger charge is 2.20. The Bertz CT molecular complexity index is 527. The lowest BCUT2D eigenvalue weighted by molar-refractivity contribution is -0.103. The first-order valence-corrected chi connectivity index (χ1v) is 7.45. The van der Waals surface area contributed by atoms with Gasteiger partial charge in [0.2, 0.25) is 0 Å². The Hall–Kier alpha value is -2.10. The minimum absolute atomic E-state index is 0.131. The molecule has 4 nitrogen and oxygen atoms in total. The fraction of sp³-hybridized carbons (Fsp3) is 0.444. The number of benzene rings is 1. The van der Waals surface area contributed by atoms with Gasteiger partial charge >= 0.3 is 6.09 Å². The number of hydrogen-bond donors (Lipinski definition) is 1. The minimum atomic E-state index is -0.553. The van der Waals surface area contributed by atoms with Gasteiger partial charge in [-0.25, -0.2) is 4.79 Å². The van der Waals surface area contributed by atoms with Crippen LogP contribution in [-0.2, 0) is 9.53 Å². The largest absolute Gasteiger partial charge is 0.444 e. The molecule has 22 heavy (non-hydrogen) atoms. The third-order valence-corrected chi connectivity index (χ3v) is 2.99. The predicted octanol–water partition coefficient (Wildman–Crippen LogP) is 3.82. The van der Waals surface area contributed by atoms with E-state index in [1.54, 1.807) is 6.08 Å². The number of ether oxygens (including phenoxy) is 1. The molecular formula is C18H25NO3. The molecule has 120 valence electrons. The summed E-state index contributed by atoms with van der Waals surface area (Å²) < 4.78 is 5.27. The number of amides is 1. The van der Waals surface area contributed by atoms with Gasteiger partial charge in [0, 0.05) is 5.57 Å². The molecule has 0 heterocycles. The quantitative estimate of drug-likeness (QED) is 0.664. The van der Waals surface area contributed by atoms with Crippen molar-refractivity contribution in [2.45, 2.75) is 46.3 Å². The van der Waals surface area contributed by atoms with Crippen LogP contribution in [0.3, 0.4) is 0 Å². The third kappa shape index (κ3) is 6.12. The number of alkyl carbamates (subject to hydrolysis) is 1. The zero-order valence-electron chi connectivity index (χ0n) is 13.9. The molecule has 1 rings (SSSR count). The van der Waals surface area contributed by atoms with Crippen LogP contribution in [0.25, 0.3) is 5.57 Å². The van der Waals surface area contributed by atoms with Crippen molar-refractivity contribution in [3.63, 3.8) is 0 Å². The second kappa shape index (κ2) is 7.78. The normalized spacial score (nSPS) is 13.6. The van der Waals surface area contributed by atoms with Crippen LogP contribution in [0, 0.1) is 5.92 Å². The van der Waals surface area contributed by atoms with Crippen molar-refractivity contribution in [3.8, 4) is 0 Å². The number of rotatable bonds is 5. The lowest BCUT2D eigenvalue weighted by Crippen LogP contribution is -2.40. The van der Waals surface area contributed by atoms with Gasteiger partial charge in [-0.2, -0.15) is 0 Å². The molecule has 0 aromatic heterocycles. The molecule has 0 saturated carbocycles. The number of hydrogen-bond acceptors (Lipinski definition) is 3. The topological polar surface area (TPSA) is 55.4 Å². The van der Waals surface area contributed by atoms with Crippen molar-refractivity contribution < 1.29 is 14.3 Å². The molecule has 1 amide bonds. The Morgan fingerprint density at radius 3 is 2.23 bits per heavy atom. The molecule has 1 atom stereocenters. The Balaban J connectivity index is 2.93. The first-order chi connectivity index (χ1) is 10.2. The molecule has 0 aliphatic rings. The average molecular weight is 303 g/mol. The van der Waals surface area contributed by atoms with Crippen molar-refractivity contribution >= 4 is 18.0 Å². The molecule has 0 spiro atoms. The Morgan fingerprint density at radius 1 is 1.18 bits per heavy atom. The highest BCUT2D eigenvalue weighted by atomic mass is 16.6.